The third kappa shape index (κ3) is 2.58. The summed E-state index contributed by atoms with van der Waals surface area (Å²) >= 11 is 4.82. The van der Waals surface area contributed by atoms with E-state index in [1.54, 1.807) is 0 Å². The molecule has 0 aliphatic rings. The van der Waals surface area contributed by atoms with Crippen LogP contribution < -0.4 is 5.73 Å². The SMILES string of the molecule is CN(Cc1cc(Br)cs1)S(=O)(=O)c1cn[nH]c1N. The quantitative estimate of drug-likeness (QED) is 0.876. The fraction of sp³-hybridized carbons (Fsp3) is 0.222. The topological polar surface area (TPSA) is 92.1 Å². The van der Waals surface area contributed by atoms with Crippen LogP contribution in [0.25, 0.3) is 0 Å². The van der Waals surface area contributed by atoms with E-state index in [2.05, 4.69) is 26.1 Å². The molecule has 0 amide bonds. The van der Waals surface area contributed by atoms with Gasteiger partial charge in [0.25, 0.3) is 0 Å². The Morgan fingerprint density at radius 2 is 2.33 bits per heavy atom. The summed E-state index contributed by atoms with van der Waals surface area (Å²) in [7, 11) is -2.10. The highest BCUT2D eigenvalue weighted by molar-refractivity contribution is 9.10. The predicted molar refractivity (Wildman–Crippen MR) is 73.7 cm³/mol. The number of halogens is 1. The third-order valence-electron chi connectivity index (χ3n) is 2.32. The van der Waals surface area contributed by atoms with Crippen LogP contribution in [-0.2, 0) is 16.6 Å². The van der Waals surface area contributed by atoms with Crippen LogP contribution in [0, 0.1) is 0 Å². The third-order valence-corrected chi connectivity index (χ3v) is 5.83. The molecule has 0 spiro atoms. The minimum absolute atomic E-state index is 0.000576. The smallest absolute Gasteiger partial charge is 0.248 e. The second-order valence-electron chi connectivity index (χ2n) is 3.64. The van der Waals surface area contributed by atoms with Crippen molar-refractivity contribution < 1.29 is 8.42 Å². The van der Waals surface area contributed by atoms with Crippen molar-refractivity contribution in [1.82, 2.24) is 14.5 Å². The number of nitrogens with two attached hydrogens (primary N) is 1. The average Bonchev–Trinajstić information content (AvgIpc) is 2.87. The van der Waals surface area contributed by atoms with Crippen LogP contribution in [0.3, 0.4) is 0 Å². The van der Waals surface area contributed by atoms with Crippen LogP contribution in [0.2, 0.25) is 0 Å². The Bertz CT molecular complexity index is 649. The van der Waals surface area contributed by atoms with Crippen LogP contribution >= 0.6 is 27.3 Å². The van der Waals surface area contributed by atoms with Crippen molar-refractivity contribution in [2.75, 3.05) is 12.8 Å². The van der Waals surface area contributed by atoms with Gasteiger partial charge in [-0.1, -0.05) is 0 Å². The average molecular weight is 351 g/mol. The summed E-state index contributed by atoms with van der Waals surface area (Å²) in [5.41, 5.74) is 5.53. The summed E-state index contributed by atoms with van der Waals surface area (Å²) in [6.07, 6.45) is 1.21. The minimum atomic E-state index is -3.61. The molecule has 2 aromatic heterocycles. The molecule has 98 valence electrons. The lowest BCUT2D eigenvalue weighted by atomic mass is 10.5. The fourth-order valence-corrected chi connectivity index (χ4v) is 4.14. The van der Waals surface area contributed by atoms with Gasteiger partial charge in [0.1, 0.15) is 10.7 Å². The van der Waals surface area contributed by atoms with E-state index in [0.717, 1.165) is 9.35 Å². The largest absolute Gasteiger partial charge is 0.383 e. The molecule has 0 saturated carbocycles. The normalized spacial score (nSPS) is 12.2. The number of anilines is 1. The Labute approximate surface area is 117 Å². The standard InChI is InChI=1S/C9H11BrN4O2S2/c1-14(4-7-2-6(10)5-17-7)18(15,16)8-3-12-13-9(8)11/h2-3,5H,4H2,1H3,(H3,11,12,13). The first-order valence-corrected chi connectivity index (χ1v) is 8.00. The van der Waals surface area contributed by atoms with Crippen molar-refractivity contribution in [3.8, 4) is 0 Å². The molecule has 3 N–H and O–H groups in total. The van der Waals surface area contributed by atoms with E-state index in [1.165, 1.54) is 28.9 Å². The number of aromatic amines is 1. The van der Waals surface area contributed by atoms with Gasteiger partial charge in [0.15, 0.2) is 0 Å². The minimum Gasteiger partial charge on any atom is -0.383 e. The van der Waals surface area contributed by atoms with Gasteiger partial charge in [0.05, 0.1) is 6.20 Å². The highest BCUT2D eigenvalue weighted by atomic mass is 79.9. The molecule has 2 aromatic rings. The number of hydrogen-bond acceptors (Lipinski definition) is 5. The highest BCUT2D eigenvalue weighted by Gasteiger charge is 2.25. The number of rotatable bonds is 4. The number of hydrogen-bond donors (Lipinski definition) is 2. The Morgan fingerprint density at radius 1 is 1.61 bits per heavy atom. The van der Waals surface area contributed by atoms with E-state index < -0.39 is 10.0 Å². The molecular weight excluding hydrogens is 340 g/mol. The molecular formula is C9H11BrN4O2S2. The van der Waals surface area contributed by atoms with Crippen LogP contribution in [0.1, 0.15) is 4.88 Å². The van der Waals surface area contributed by atoms with Gasteiger partial charge >= 0.3 is 0 Å². The van der Waals surface area contributed by atoms with Crippen LogP contribution in [-0.4, -0.2) is 30.0 Å². The Hall–Kier alpha value is -0.900. The summed E-state index contributed by atoms with van der Waals surface area (Å²) in [5.74, 6) is 0.0502. The lowest BCUT2D eigenvalue weighted by Gasteiger charge is -2.15. The van der Waals surface area contributed by atoms with Crippen LogP contribution in [0.5, 0.6) is 0 Å². The van der Waals surface area contributed by atoms with Crippen LogP contribution in [0.4, 0.5) is 5.82 Å². The molecule has 0 unspecified atom stereocenters. The van der Waals surface area contributed by atoms with E-state index in [9.17, 15) is 8.42 Å². The molecule has 2 heterocycles. The zero-order chi connectivity index (χ0) is 13.3. The number of aromatic nitrogens is 2. The van der Waals surface area contributed by atoms with Gasteiger partial charge < -0.3 is 5.73 Å². The predicted octanol–water partition coefficient (Wildman–Crippen LogP) is 1.64. The Morgan fingerprint density at radius 3 is 2.83 bits per heavy atom. The van der Waals surface area contributed by atoms with Gasteiger partial charge in [0, 0.05) is 28.3 Å². The van der Waals surface area contributed by atoms with Crippen molar-refractivity contribution >= 4 is 43.1 Å². The maximum atomic E-state index is 12.2. The molecule has 0 fully saturated rings. The second kappa shape index (κ2) is 5.00. The molecule has 0 atom stereocenters. The lowest BCUT2D eigenvalue weighted by Crippen LogP contribution is -2.26. The second-order valence-corrected chi connectivity index (χ2v) is 7.57. The monoisotopic (exact) mass is 350 g/mol. The van der Waals surface area contributed by atoms with Crippen molar-refractivity contribution in [3.05, 3.63) is 27.0 Å². The van der Waals surface area contributed by atoms with Gasteiger partial charge in [-0.25, -0.2) is 8.42 Å². The number of nitrogens with one attached hydrogen (secondary N) is 1. The van der Waals surface area contributed by atoms with E-state index in [0.29, 0.717) is 6.54 Å². The fourth-order valence-electron chi connectivity index (χ4n) is 1.40. The molecule has 0 saturated heterocycles. The summed E-state index contributed by atoms with van der Waals surface area (Å²) in [6.45, 7) is 0.295. The molecule has 6 nitrogen and oxygen atoms in total. The van der Waals surface area contributed by atoms with E-state index in [-0.39, 0.29) is 10.7 Å². The Balaban J connectivity index is 2.23. The van der Waals surface area contributed by atoms with Gasteiger partial charge in [0.2, 0.25) is 10.0 Å². The molecule has 0 aromatic carbocycles. The number of nitrogens with zero attached hydrogens (tertiary/aromatic N) is 2. The van der Waals surface area contributed by atoms with Crippen molar-refractivity contribution in [1.29, 1.82) is 0 Å². The molecule has 2 rings (SSSR count). The van der Waals surface area contributed by atoms with Gasteiger partial charge in [-0.2, -0.15) is 9.40 Å². The molecule has 9 heteroatoms. The van der Waals surface area contributed by atoms with Gasteiger partial charge in [-0.3, -0.25) is 5.10 Å². The van der Waals surface area contributed by atoms with Gasteiger partial charge in [-0.15, -0.1) is 11.3 Å². The van der Waals surface area contributed by atoms with E-state index >= 15 is 0 Å². The Kier molecular flexibility index (Phi) is 3.76. The van der Waals surface area contributed by atoms with E-state index in [1.807, 2.05) is 11.4 Å². The molecule has 18 heavy (non-hydrogen) atoms. The summed E-state index contributed by atoms with van der Waals surface area (Å²) < 4.78 is 26.6. The van der Waals surface area contributed by atoms with Crippen molar-refractivity contribution in [3.63, 3.8) is 0 Å². The molecule has 0 bridgehead atoms. The first-order chi connectivity index (χ1) is 8.41. The first kappa shape index (κ1) is 13.5. The van der Waals surface area contributed by atoms with Gasteiger partial charge in [-0.05, 0) is 22.0 Å². The summed E-state index contributed by atoms with van der Waals surface area (Å²) in [6, 6.07) is 1.88. The first-order valence-electron chi connectivity index (χ1n) is 4.89. The van der Waals surface area contributed by atoms with Crippen molar-refractivity contribution in [2.24, 2.45) is 0 Å². The number of nitrogen functional groups attached to an aromatic ring is 1. The lowest BCUT2D eigenvalue weighted by molar-refractivity contribution is 0.470. The summed E-state index contributed by atoms with van der Waals surface area (Å²) in [5, 5.41) is 7.94. The molecule has 0 aliphatic carbocycles. The van der Waals surface area contributed by atoms with Crippen molar-refractivity contribution in [2.45, 2.75) is 11.4 Å². The van der Waals surface area contributed by atoms with E-state index in [4.69, 9.17) is 5.73 Å². The maximum Gasteiger partial charge on any atom is 0.248 e. The number of H-pyrrole nitrogens is 1. The zero-order valence-corrected chi connectivity index (χ0v) is 12.6. The zero-order valence-electron chi connectivity index (χ0n) is 9.42. The summed E-state index contributed by atoms with van der Waals surface area (Å²) in [4.78, 5) is 0.940. The number of thiophene rings is 1. The van der Waals surface area contributed by atoms with Crippen LogP contribution in [0.15, 0.2) is 27.0 Å². The maximum absolute atomic E-state index is 12.2. The molecule has 0 aliphatic heterocycles. The number of sulfonamides is 1. The molecule has 0 radical (unpaired) electrons. The highest BCUT2D eigenvalue weighted by Crippen LogP contribution is 2.24.